The lowest BCUT2D eigenvalue weighted by molar-refractivity contribution is -0.123. The molecular weight excluding hydrogens is 402 g/mol. The van der Waals surface area contributed by atoms with Crippen molar-refractivity contribution in [2.24, 2.45) is 0 Å². The van der Waals surface area contributed by atoms with Crippen molar-refractivity contribution in [1.82, 2.24) is 10.2 Å². The van der Waals surface area contributed by atoms with Crippen molar-refractivity contribution in [1.29, 1.82) is 0 Å². The number of anilines is 1. The maximum Gasteiger partial charge on any atom is 0.258 e. The lowest BCUT2D eigenvalue weighted by Crippen LogP contribution is -2.41. The average molecular weight is 438 g/mol. The number of aryl methyl sites for hydroxylation is 1. The fourth-order valence-corrected chi connectivity index (χ4v) is 4.78. The molecule has 2 heterocycles. The molecule has 0 unspecified atom stereocenters. The number of ether oxygens (including phenoxy) is 2. The number of piperidine rings is 1. The van der Waals surface area contributed by atoms with Gasteiger partial charge in [-0.2, -0.15) is 0 Å². The molecule has 1 amide bonds. The van der Waals surface area contributed by atoms with E-state index in [0.29, 0.717) is 12.3 Å². The SMILES string of the molecule is COc1ccc(OCC(=O)NC[C@@H](c2ccc3c(c2)CCCN3C)N2CCCCC2)cc1. The Labute approximate surface area is 191 Å². The van der Waals surface area contributed by atoms with Crippen molar-refractivity contribution in [2.75, 3.05) is 51.8 Å². The molecule has 0 bridgehead atoms. The Kier molecular flexibility index (Phi) is 7.53. The smallest absolute Gasteiger partial charge is 0.258 e. The summed E-state index contributed by atoms with van der Waals surface area (Å²) in [6, 6.07) is 14.3. The average Bonchev–Trinajstić information content (AvgIpc) is 2.84. The van der Waals surface area contributed by atoms with E-state index in [4.69, 9.17) is 9.47 Å². The highest BCUT2D eigenvalue weighted by molar-refractivity contribution is 5.77. The van der Waals surface area contributed by atoms with Crippen molar-refractivity contribution >= 4 is 11.6 Å². The quantitative estimate of drug-likeness (QED) is 0.681. The molecular formula is C26H35N3O3. The van der Waals surface area contributed by atoms with Gasteiger partial charge < -0.3 is 19.7 Å². The number of carbonyl (C=O) groups is 1. The largest absolute Gasteiger partial charge is 0.497 e. The van der Waals surface area contributed by atoms with E-state index in [1.54, 1.807) is 7.11 Å². The van der Waals surface area contributed by atoms with Gasteiger partial charge in [0.1, 0.15) is 11.5 Å². The van der Waals surface area contributed by atoms with E-state index in [0.717, 1.165) is 31.8 Å². The van der Waals surface area contributed by atoms with E-state index < -0.39 is 0 Å². The molecule has 1 N–H and O–H groups in total. The first-order chi connectivity index (χ1) is 15.6. The van der Waals surface area contributed by atoms with Crippen LogP contribution in [0.3, 0.4) is 0 Å². The van der Waals surface area contributed by atoms with Crippen molar-refractivity contribution < 1.29 is 14.3 Å². The Morgan fingerprint density at radius 1 is 1.00 bits per heavy atom. The Morgan fingerprint density at radius 3 is 2.50 bits per heavy atom. The summed E-state index contributed by atoms with van der Waals surface area (Å²) < 4.78 is 10.8. The van der Waals surface area contributed by atoms with E-state index in [1.807, 2.05) is 24.3 Å². The number of amides is 1. The van der Waals surface area contributed by atoms with E-state index >= 15 is 0 Å². The number of nitrogens with zero attached hydrogens (tertiary/aromatic N) is 2. The Bertz CT molecular complexity index is 894. The van der Waals surface area contributed by atoms with Gasteiger partial charge in [0.2, 0.25) is 0 Å². The second-order valence-electron chi connectivity index (χ2n) is 8.79. The molecule has 1 fully saturated rings. The molecule has 4 rings (SSSR count). The predicted octanol–water partition coefficient (Wildman–Crippen LogP) is 3.80. The molecule has 32 heavy (non-hydrogen) atoms. The third kappa shape index (κ3) is 5.54. The van der Waals surface area contributed by atoms with Crippen LogP contribution in [-0.4, -0.2) is 57.8 Å². The number of hydrogen-bond donors (Lipinski definition) is 1. The second kappa shape index (κ2) is 10.7. The molecule has 2 aliphatic heterocycles. The van der Waals surface area contributed by atoms with Gasteiger partial charge in [0.15, 0.2) is 6.61 Å². The molecule has 2 aromatic carbocycles. The number of benzene rings is 2. The standard InChI is InChI=1S/C26H35N3O3/c1-28-14-6-7-20-17-21(8-13-24(20)28)25(29-15-4-3-5-16-29)18-27-26(30)19-32-23-11-9-22(31-2)10-12-23/h8-13,17,25H,3-7,14-16,18-19H2,1-2H3,(H,27,30)/t25-/m0/s1. The minimum atomic E-state index is -0.0967. The normalized spacial score (nSPS) is 17.4. The highest BCUT2D eigenvalue weighted by atomic mass is 16.5. The fourth-order valence-electron chi connectivity index (χ4n) is 4.78. The third-order valence-corrected chi connectivity index (χ3v) is 6.59. The topological polar surface area (TPSA) is 54.0 Å². The highest BCUT2D eigenvalue weighted by Crippen LogP contribution is 2.31. The molecule has 0 aromatic heterocycles. The maximum absolute atomic E-state index is 12.5. The van der Waals surface area contributed by atoms with Crippen molar-refractivity contribution in [3.63, 3.8) is 0 Å². The van der Waals surface area contributed by atoms with Crippen molar-refractivity contribution in [2.45, 2.75) is 38.1 Å². The molecule has 0 saturated carbocycles. The number of rotatable bonds is 8. The molecule has 1 atom stereocenters. The lowest BCUT2D eigenvalue weighted by atomic mass is 9.95. The number of likely N-dealkylation sites (tertiary alicyclic amines) is 1. The summed E-state index contributed by atoms with van der Waals surface area (Å²) in [5.74, 6) is 1.33. The van der Waals surface area contributed by atoms with Crippen LogP contribution in [0.2, 0.25) is 0 Å². The number of nitrogens with one attached hydrogen (secondary N) is 1. The predicted molar refractivity (Wildman–Crippen MR) is 128 cm³/mol. The Hall–Kier alpha value is -2.73. The molecule has 2 aliphatic rings. The van der Waals surface area contributed by atoms with Crippen LogP contribution in [0.5, 0.6) is 11.5 Å². The molecule has 0 spiro atoms. The first kappa shape index (κ1) is 22.5. The van der Waals surface area contributed by atoms with E-state index in [9.17, 15) is 4.79 Å². The summed E-state index contributed by atoms with van der Waals surface area (Å²) in [6.07, 6.45) is 6.06. The van der Waals surface area contributed by atoms with Gasteiger partial charge in [-0.15, -0.1) is 0 Å². The molecule has 172 valence electrons. The first-order valence-corrected chi connectivity index (χ1v) is 11.8. The minimum Gasteiger partial charge on any atom is -0.497 e. The van der Waals surface area contributed by atoms with Gasteiger partial charge in [-0.25, -0.2) is 0 Å². The van der Waals surface area contributed by atoms with Crippen LogP contribution in [0, 0.1) is 0 Å². The van der Waals surface area contributed by atoms with Gasteiger partial charge in [-0.3, -0.25) is 9.69 Å². The molecule has 1 saturated heterocycles. The Balaban J connectivity index is 1.40. The summed E-state index contributed by atoms with van der Waals surface area (Å²) in [4.78, 5) is 17.4. The second-order valence-corrected chi connectivity index (χ2v) is 8.79. The van der Waals surface area contributed by atoms with Crippen LogP contribution in [0.1, 0.15) is 42.9 Å². The summed E-state index contributed by atoms with van der Waals surface area (Å²) in [5.41, 5.74) is 4.07. The van der Waals surface area contributed by atoms with Gasteiger partial charge in [0.25, 0.3) is 5.91 Å². The fraction of sp³-hybridized carbons (Fsp3) is 0.500. The Morgan fingerprint density at radius 2 is 1.75 bits per heavy atom. The first-order valence-electron chi connectivity index (χ1n) is 11.8. The molecule has 0 radical (unpaired) electrons. The van der Waals surface area contributed by atoms with Crippen LogP contribution in [0.15, 0.2) is 42.5 Å². The highest BCUT2D eigenvalue weighted by Gasteiger charge is 2.24. The molecule has 0 aliphatic carbocycles. The van der Waals surface area contributed by atoms with Gasteiger partial charge in [0.05, 0.1) is 13.2 Å². The van der Waals surface area contributed by atoms with Gasteiger partial charge in [-0.05, 0) is 80.2 Å². The minimum absolute atomic E-state index is 0.00797. The molecule has 2 aromatic rings. The van der Waals surface area contributed by atoms with Gasteiger partial charge in [0, 0.05) is 25.8 Å². The molecule has 6 heteroatoms. The van der Waals surface area contributed by atoms with Crippen LogP contribution in [0.4, 0.5) is 5.69 Å². The van der Waals surface area contributed by atoms with E-state index in [2.05, 4.69) is 40.4 Å². The number of carbonyl (C=O) groups excluding carboxylic acids is 1. The van der Waals surface area contributed by atoms with Crippen LogP contribution in [0.25, 0.3) is 0 Å². The van der Waals surface area contributed by atoms with Crippen LogP contribution >= 0.6 is 0 Å². The summed E-state index contributed by atoms with van der Waals surface area (Å²) in [5, 5.41) is 3.12. The zero-order valence-corrected chi connectivity index (χ0v) is 19.3. The summed E-state index contributed by atoms with van der Waals surface area (Å²) in [7, 11) is 3.80. The number of fused-ring (bicyclic) bond motifs is 1. The summed E-state index contributed by atoms with van der Waals surface area (Å²) in [6.45, 7) is 3.89. The molecule has 6 nitrogen and oxygen atoms in total. The van der Waals surface area contributed by atoms with E-state index in [1.165, 1.54) is 42.5 Å². The zero-order valence-electron chi connectivity index (χ0n) is 19.3. The van der Waals surface area contributed by atoms with Crippen molar-refractivity contribution in [3.05, 3.63) is 53.6 Å². The van der Waals surface area contributed by atoms with Crippen LogP contribution in [-0.2, 0) is 11.2 Å². The van der Waals surface area contributed by atoms with Gasteiger partial charge in [-0.1, -0.05) is 18.6 Å². The number of hydrogen-bond acceptors (Lipinski definition) is 5. The zero-order chi connectivity index (χ0) is 22.3. The third-order valence-electron chi connectivity index (χ3n) is 6.59. The summed E-state index contributed by atoms with van der Waals surface area (Å²) >= 11 is 0. The number of methoxy groups -OCH3 is 1. The van der Waals surface area contributed by atoms with Crippen LogP contribution < -0.4 is 19.7 Å². The van der Waals surface area contributed by atoms with Gasteiger partial charge >= 0.3 is 0 Å². The maximum atomic E-state index is 12.5. The van der Waals surface area contributed by atoms with E-state index in [-0.39, 0.29) is 18.6 Å². The van der Waals surface area contributed by atoms with Crippen molar-refractivity contribution in [3.8, 4) is 11.5 Å². The lowest BCUT2D eigenvalue weighted by Gasteiger charge is -2.36. The monoisotopic (exact) mass is 437 g/mol.